The Hall–Kier alpha value is -0.610. The van der Waals surface area contributed by atoms with Gasteiger partial charge in [0.25, 0.3) is 0 Å². The molecule has 1 saturated heterocycles. The number of likely N-dealkylation sites (tertiary alicyclic amines) is 1. The van der Waals surface area contributed by atoms with Gasteiger partial charge in [-0.3, -0.25) is 4.79 Å². The second-order valence-electron chi connectivity index (χ2n) is 5.29. The Morgan fingerprint density at radius 2 is 2.24 bits per heavy atom. The van der Waals surface area contributed by atoms with E-state index < -0.39 is 0 Å². The Labute approximate surface area is 105 Å². The van der Waals surface area contributed by atoms with Gasteiger partial charge in [-0.15, -0.1) is 0 Å². The number of hydrogen-bond acceptors (Lipinski definition) is 3. The van der Waals surface area contributed by atoms with Crippen LogP contribution in [-0.4, -0.2) is 61.5 Å². The van der Waals surface area contributed by atoms with Gasteiger partial charge in [0.05, 0.1) is 6.04 Å². The van der Waals surface area contributed by atoms with Crippen molar-refractivity contribution in [3.05, 3.63) is 0 Å². The van der Waals surface area contributed by atoms with E-state index in [4.69, 9.17) is 0 Å². The Bertz CT molecular complexity index is 243. The molecule has 0 spiro atoms. The smallest absolute Gasteiger partial charge is 0.239 e. The van der Waals surface area contributed by atoms with Crippen molar-refractivity contribution in [3.63, 3.8) is 0 Å². The predicted molar refractivity (Wildman–Crippen MR) is 71.0 cm³/mol. The topological polar surface area (TPSA) is 35.6 Å². The van der Waals surface area contributed by atoms with Crippen molar-refractivity contribution in [1.29, 1.82) is 0 Å². The minimum atomic E-state index is 0.0494. The molecular formula is C13H27N3O. The number of amides is 1. The lowest BCUT2D eigenvalue weighted by Crippen LogP contribution is -2.55. The van der Waals surface area contributed by atoms with Gasteiger partial charge >= 0.3 is 0 Å². The van der Waals surface area contributed by atoms with Gasteiger partial charge in [-0.25, -0.2) is 0 Å². The number of nitrogens with zero attached hydrogens (tertiary/aromatic N) is 2. The molecule has 1 heterocycles. The van der Waals surface area contributed by atoms with Crippen LogP contribution in [0.3, 0.4) is 0 Å². The summed E-state index contributed by atoms with van der Waals surface area (Å²) in [5.41, 5.74) is 0. The van der Waals surface area contributed by atoms with Crippen LogP contribution in [-0.2, 0) is 4.79 Å². The lowest BCUT2D eigenvalue weighted by molar-refractivity contribution is -0.138. The van der Waals surface area contributed by atoms with E-state index in [0.717, 1.165) is 38.9 Å². The summed E-state index contributed by atoms with van der Waals surface area (Å²) in [6, 6.07) is 0.358. The summed E-state index contributed by atoms with van der Waals surface area (Å²) >= 11 is 0. The number of rotatable bonds is 6. The van der Waals surface area contributed by atoms with E-state index in [-0.39, 0.29) is 6.04 Å². The van der Waals surface area contributed by atoms with Crippen LogP contribution in [0.1, 0.15) is 33.1 Å². The fraction of sp³-hybridized carbons (Fsp3) is 0.923. The first-order valence-electron chi connectivity index (χ1n) is 6.74. The summed E-state index contributed by atoms with van der Waals surface area (Å²) in [6.07, 6.45) is 3.19. The minimum Gasteiger partial charge on any atom is -0.337 e. The fourth-order valence-corrected chi connectivity index (χ4v) is 2.47. The lowest BCUT2D eigenvalue weighted by Gasteiger charge is -2.37. The molecule has 17 heavy (non-hydrogen) atoms. The second-order valence-corrected chi connectivity index (χ2v) is 5.29. The number of likely N-dealkylation sites (N-methyl/N-ethyl adjacent to an activating group) is 1. The van der Waals surface area contributed by atoms with Gasteiger partial charge in [0, 0.05) is 19.1 Å². The van der Waals surface area contributed by atoms with Crippen molar-refractivity contribution in [2.75, 3.05) is 33.7 Å². The van der Waals surface area contributed by atoms with Crippen LogP contribution in [0.2, 0.25) is 0 Å². The largest absolute Gasteiger partial charge is 0.337 e. The molecule has 0 bridgehead atoms. The van der Waals surface area contributed by atoms with Crippen molar-refractivity contribution in [1.82, 2.24) is 15.1 Å². The molecule has 0 aliphatic carbocycles. The van der Waals surface area contributed by atoms with E-state index in [1.165, 1.54) is 0 Å². The molecule has 1 amide bonds. The molecule has 0 aromatic carbocycles. The quantitative estimate of drug-likeness (QED) is 0.751. The van der Waals surface area contributed by atoms with Crippen molar-refractivity contribution in [2.45, 2.75) is 45.2 Å². The molecule has 0 aromatic heterocycles. The van der Waals surface area contributed by atoms with Crippen LogP contribution >= 0.6 is 0 Å². The molecule has 1 N–H and O–H groups in total. The highest BCUT2D eigenvalue weighted by Gasteiger charge is 2.30. The van der Waals surface area contributed by atoms with Crippen LogP contribution in [0.4, 0.5) is 0 Å². The van der Waals surface area contributed by atoms with Gasteiger partial charge < -0.3 is 15.1 Å². The zero-order valence-corrected chi connectivity index (χ0v) is 11.7. The molecule has 2 unspecified atom stereocenters. The first-order chi connectivity index (χ1) is 8.06. The van der Waals surface area contributed by atoms with Gasteiger partial charge in [-0.1, -0.05) is 6.92 Å². The molecule has 2 atom stereocenters. The van der Waals surface area contributed by atoms with Crippen LogP contribution in [0.15, 0.2) is 0 Å². The second kappa shape index (κ2) is 6.97. The molecular weight excluding hydrogens is 214 g/mol. The summed E-state index contributed by atoms with van der Waals surface area (Å²) in [5.74, 6) is 0.291. The third-order valence-electron chi connectivity index (χ3n) is 3.28. The summed E-state index contributed by atoms with van der Waals surface area (Å²) < 4.78 is 0. The molecule has 0 aromatic rings. The summed E-state index contributed by atoms with van der Waals surface area (Å²) in [4.78, 5) is 16.5. The van der Waals surface area contributed by atoms with Gasteiger partial charge in [0.2, 0.25) is 5.91 Å². The van der Waals surface area contributed by atoms with Crippen LogP contribution < -0.4 is 5.32 Å². The highest BCUT2D eigenvalue weighted by molar-refractivity contribution is 5.82. The van der Waals surface area contributed by atoms with Crippen molar-refractivity contribution in [2.24, 2.45) is 0 Å². The summed E-state index contributed by atoms with van der Waals surface area (Å²) in [5, 5.41) is 3.35. The Balaban J connectivity index is 2.52. The van der Waals surface area contributed by atoms with Crippen LogP contribution in [0, 0.1) is 0 Å². The molecule has 100 valence electrons. The average Bonchev–Trinajstić information content (AvgIpc) is 2.26. The summed E-state index contributed by atoms with van der Waals surface area (Å²) in [6.45, 7) is 7.06. The van der Waals surface area contributed by atoms with Crippen LogP contribution in [0.5, 0.6) is 0 Å². The van der Waals surface area contributed by atoms with Gasteiger partial charge in [0.1, 0.15) is 0 Å². The molecule has 1 fully saturated rings. The van der Waals surface area contributed by atoms with Gasteiger partial charge in [-0.05, 0) is 46.8 Å². The maximum absolute atomic E-state index is 12.3. The summed E-state index contributed by atoms with van der Waals surface area (Å²) in [7, 11) is 4.11. The lowest BCUT2D eigenvalue weighted by atomic mass is 10.0. The van der Waals surface area contributed by atoms with Crippen LogP contribution in [0.25, 0.3) is 0 Å². The standard InChI is InChI=1S/C13H27N3O/c1-5-8-14-12-7-6-9-16(13(12)17)11(2)10-15(3)4/h11-12,14H,5-10H2,1-4H3. The average molecular weight is 241 g/mol. The van der Waals surface area contributed by atoms with Crippen molar-refractivity contribution < 1.29 is 4.79 Å². The molecule has 1 aliphatic heterocycles. The Kier molecular flexibility index (Phi) is 5.92. The van der Waals surface area contributed by atoms with E-state index in [0.29, 0.717) is 11.9 Å². The van der Waals surface area contributed by atoms with E-state index in [2.05, 4.69) is 38.2 Å². The zero-order valence-electron chi connectivity index (χ0n) is 11.7. The number of piperidine rings is 1. The zero-order chi connectivity index (χ0) is 12.8. The number of carbonyl (C=O) groups is 1. The maximum Gasteiger partial charge on any atom is 0.239 e. The SMILES string of the molecule is CCCNC1CCCN(C(C)CN(C)C)C1=O. The molecule has 4 nitrogen and oxygen atoms in total. The minimum absolute atomic E-state index is 0.0494. The maximum atomic E-state index is 12.3. The van der Waals surface area contributed by atoms with Crippen molar-refractivity contribution >= 4 is 5.91 Å². The highest BCUT2D eigenvalue weighted by Crippen LogP contribution is 2.15. The van der Waals surface area contributed by atoms with Gasteiger partial charge in [0.15, 0.2) is 0 Å². The third kappa shape index (κ3) is 4.28. The van der Waals surface area contributed by atoms with E-state index in [9.17, 15) is 4.79 Å². The molecule has 1 rings (SSSR count). The molecule has 0 saturated carbocycles. The highest BCUT2D eigenvalue weighted by atomic mass is 16.2. The first-order valence-corrected chi connectivity index (χ1v) is 6.74. The third-order valence-corrected chi connectivity index (χ3v) is 3.28. The van der Waals surface area contributed by atoms with Crippen molar-refractivity contribution in [3.8, 4) is 0 Å². The fourth-order valence-electron chi connectivity index (χ4n) is 2.47. The Morgan fingerprint density at radius 1 is 1.53 bits per heavy atom. The molecule has 4 heteroatoms. The van der Waals surface area contributed by atoms with E-state index >= 15 is 0 Å². The van der Waals surface area contributed by atoms with E-state index in [1.807, 2.05) is 4.90 Å². The number of hydrogen-bond donors (Lipinski definition) is 1. The van der Waals surface area contributed by atoms with E-state index in [1.54, 1.807) is 0 Å². The van der Waals surface area contributed by atoms with Gasteiger partial charge in [-0.2, -0.15) is 0 Å². The monoisotopic (exact) mass is 241 g/mol. The number of nitrogens with one attached hydrogen (secondary N) is 1. The molecule has 1 aliphatic rings. The molecule has 0 radical (unpaired) electrons. The Morgan fingerprint density at radius 3 is 2.82 bits per heavy atom. The number of carbonyl (C=O) groups excluding carboxylic acids is 1. The predicted octanol–water partition coefficient (Wildman–Crippen LogP) is 0.927. The first kappa shape index (κ1) is 14.5. The normalized spacial score (nSPS) is 23.2.